The smallest absolute Gasteiger partial charge is 0.408 e. The average molecular weight is 358 g/mol. The van der Waals surface area contributed by atoms with Gasteiger partial charge >= 0.3 is 6.09 Å². The topological polar surface area (TPSA) is 77.2 Å². The van der Waals surface area contributed by atoms with E-state index in [4.69, 9.17) is 9.26 Å². The molecule has 1 amide bonds. The van der Waals surface area contributed by atoms with E-state index in [9.17, 15) is 4.79 Å². The Morgan fingerprint density at radius 1 is 1.29 bits per heavy atom. The summed E-state index contributed by atoms with van der Waals surface area (Å²) in [6.07, 6.45) is 0.546. The van der Waals surface area contributed by atoms with Gasteiger partial charge in [0, 0.05) is 16.4 Å². The molecule has 0 aliphatic carbocycles. The lowest BCUT2D eigenvalue weighted by Gasteiger charge is -2.26. The predicted octanol–water partition coefficient (Wildman–Crippen LogP) is 4.68. The minimum atomic E-state index is -0.553. The standard InChI is InChI=1S/C17H31N3O3S/c1-9-17(7,8)24-10-12(18-15(21)22-16(4,5)6)14-19-13(11(2)3)20-23-14/h11-12H,9-10H2,1-8H3,(H,18,21)/t12-/m0/s1. The third-order valence-corrected chi connectivity index (χ3v) is 5.03. The minimum absolute atomic E-state index is 0.106. The molecular weight excluding hydrogens is 326 g/mol. The van der Waals surface area contributed by atoms with Crippen LogP contribution < -0.4 is 5.32 Å². The van der Waals surface area contributed by atoms with Gasteiger partial charge in [-0.25, -0.2) is 4.79 Å². The molecule has 7 heteroatoms. The molecule has 0 aromatic carbocycles. The lowest BCUT2D eigenvalue weighted by molar-refractivity contribution is 0.0500. The van der Waals surface area contributed by atoms with Crippen LogP contribution in [0.15, 0.2) is 4.52 Å². The van der Waals surface area contributed by atoms with Gasteiger partial charge in [-0.2, -0.15) is 16.7 Å². The van der Waals surface area contributed by atoms with Crippen LogP contribution in [0.5, 0.6) is 0 Å². The van der Waals surface area contributed by atoms with Crippen molar-refractivity contribution in [1.29, 1.82) is 0 Å². The van der Waals surface area contributed by atoms with E-state index >= 15 is 0 Å². The number of hydrogen-bond donors (Lipinski definition) is 1. The lowest BCUT2D eigenvalue weighted by Crippen LogP contribution is -2.36. The third-order valence-electron chi connectivity index (χ3n) is 3.46. The summed E-state index contributed by atoms with van der Waals surface area (Å²) >= 11 is 1.76. The van der Waals surface area contributed by atoms with Crippen molar-refractivity contribution in [2.75, 3.05) is 5.75 Å². The van der Waals surface area contributed by atoms with Gasteiger partial charge in [0.25, 0.3) is 0 Å². The van der Waals surface area contributed by atoms with E-state index in [0.717, 1.165) is 6.42 Å². The number of carbonyl (C=O) groups excluding carboxylic acids is 1. The zero-order valence-corrected chi connectivity index (χ0v) is 16.9. The molecule has 0 spiro atoms. The van der Waals surface area contributed by atoms with E-state index in [1.165, 1.54) is 0 Å². The molecule has 1 rings (SSSR count). The molecule has 0 saturated heterocycles. The maximum atomic E-state index is 12.1. The molecule has 0 saturated carbocycles. The van der Waals surface area contributed by atoms with Crippen molar-refractivity contribution in [1.82, 2.24) is 15.5 Å². The molecule has 1 atom stereocenters. The molecule has 0 fully saturated rings. The van der Waals surface area contributed by atoms with Gasteiger partial charge in [0.15, 0.2) is 5.82 Å². The van der Waals surface area contributed by atoms with Gasteiger partial charge in [-0.05, 0) is 27.2 Å². The van der Waals surface area contributed by atoms with Crippen LogP contribution >= 0.6 is 11.8 Å². The Hall–Kier alpha value is -1.24. The summed E-state index contributed by atoms with van der Waals surface area (Å²) in [4.78, 5) is 16.6. The SMILES string of the molecule is CCC(C)(C)SC[C@H](NC(=O)OC(C)(C)C)c1nc(C(C)C)no1. The summed E-state index contributed by atoms with van der Waals surface area (Å²) in [5.41, 5.74) is -0.553. The van der Waals surface area contributed by atoms with Crippen molar-refractivity contribution >= 4 is 17.9 Å². The molecule has 6 nitrogen and oxygen atoms in total. The fourth-order valence-corrected chi connectivity index (χ4v) is 2.71. The van der Waals surface area contributed by atoms with Crippen LogP contribution in [0, 0.1) is 0 Å². The Bertz CT molecular complexity index is 535. The molecule has 138 valence electrons. The van der Waals surface area contributed by atoms with Crippen LogP contribution in [-0.4, -0.2) is 32.3 Å². The van der Waals surface area contributed by atoms with Crippen LogP contribution in [0.25, 0.3) is 0 Å². The van der Waals surface area contributed by atoms with E-state index in [0.29, 0.717) is 17.5 Å². The summed E-state index contributed by atoms with van der Waals surface area (Å²) in [5.74, 6) is 1.87. The Labute approximate surface area is 149 Å². The second-order valence-electron chi connectivity index (χ2n) is 7.77. The van der Waals surface area contributed by atoms with E-state index in [-0.39, 0.29) is 16.7 Å². The second kappa shape index (κ2) is 8.23. The van der Waals surface area contributed by atoms with Gasteiger partial charge in [-0.3, -0.25) is 0 Å². The third kappa shape index (κ3) is 7.11. The molecule has 0 radical (unpaired) electrons. The number of ether oxygens (including phenoxy) is 1. The molecule has 0 unspecified atom stereocenters. The Morgan fingerprint density at radius 2 is 1.92 bits per heavy atom. The molecule has 0 bridgehead atoms. The maximum absolute atomic E-state index is 12.1. The summed E-state index contributed by atoms with van der Waals surface area (Å²) in [7, 11) is 0. The van der Waals surface area contributed by atoms with E-state index in [1.54, 1.807) is 11.8 Å². The fourth-order valence-electron chi connectivity index (χ4n) is 1.66. The maximum Gasteiger partial charge on any atom is 0.408 e. The molecule has 1 aromatic rings. The molecule has 1 aromatic heterocycles. The summed E-state index contributed by atoms with van der Waals surface area (Å²) < 4.78 is 10.8. The number of nitrogens with zero attached hydrogens (tertiary/aromatic N) is 2. The van der Waals surface area contributed by atoms with Crippen molar-refractivity contribution in [3.8, 4) is 0 Å². The normalized spacial score (nSPS) is 13.9. The number of hydrogen-bond acceptors (Lipinski definition) is 6. The first-order chi connectivity index (χ1) is 10.9. The second-order valence-corrected chi connectivity index (χ2v) is 9.50. The Balaban J connectivity index is 2.87. The molecule has 24 heavy (non-hydrogen) atoms. The number of aromatic nitrogens is 2. The van der Waals surface area contributed by atoms with Crippen molar-refractivity contribution < 1.29 is 14.1 Å². The van der Waals surface area contributed by atoms with Gasteiger partial charge in [0.2, 0.25) is 5.89 Å². The van der Waals surface area contributed by atoms with Crippen molar-refractivity contribution in [3.63, 3.8) is 0 Å². The fraction of sp³-hybridized carbons (Fsp3) is 0.824. The first-order valence-electron chi connectivity index (χ1n) is 8.40. The van der Waals surface area contributed by atoms with Crippen LogP contribution in [0.2, 0.25) is 0 Å². The van der Waals surface area contributed by atoms with Crippen LogP contribution in [0.1, 0.15) is 85.5 Å². The zero-order valence-electron chi connectivity index (χ0n) is 16.1. The van der Waals surface area contributed by atoms with Crippen molar-refractivity contribution in [3.05, 3.63) is 11.7 Å². The highest BCUT2D eigenvalue weighted by atomic mass is 32.2. The van der Waals surface area contributed by atoms with Gasteiger partial charge < -0.3 is 14.6 Å². The summed E-state index contributed by atoms with van der Waals surface area (Å²) in [5, 5.41) is 6.86. The van der Waals surface area contributed by atoms with E-state index in [1.807, 2.05) is 34.6 Å². The molecule has 0 aliphatic heterocycles. The van der Waals surface area contributed by atoms with Gasteiger partial charge in [-0.1, -0.05) is 39.8 Å². The number of nitrogens with one attached hydrogen (secondary N) is 1. The van der Waals surface area contributed by atoms with Gasteiger partial charge in [0.05, 0.1) is 0 Å². The molecule has 0 aliphatic rings. The number of alkyl carbamates (subject to hydrolysis) is 1. The summed E-state index contributed by atoms with van der Waals surface area (Å²) in [6.45, 7) is 16.0. The average Bonchev–Trinajstić information content (AvgIpc) is 2.91. The Kier molecular flexibility index (Phi) is 7.13. The highest BCUT2D eigenvalue weighted by Crippen LogP contribution is 2.31. The highest BCUT2D eigenvalue weighted by Gasteiger charge is 2.27. The van der Waals surface area contributed by atoms with Gasteiger partial charge in [-0.15, -0.1) is 0 Å². The van der Waals surface area contributed by atoms with Crippen LogP contribution in [-0.2, 0) is 4.74 Å². The first kappa shape index (κ1) is 20.8. The number of carbonyl (C=O) groups is 1. The molecule has 1 heterocycles. The monoisotopic (exact) mass is 357 g/mol. The quantitative estimate of drug-likeness (QED) is 0.763. The Morgan fingerprint density at radius 3 is 2.38 bits per heavy atom. The van der Waals surface area contributed by atoms with E-state index in [2.05, 4.69) is 36.2 Å². The number of rotatable bonds is 7. The largest absolute Gasteiger partial charge is 0.444 e. The van der Waals surface area contributed by atoms with Crippen LogP contribution in [0.4, 0.5) is 4.79 Å². The lowest BCUT2D eigenvalue weighted by atomic mass is 10.1. The van der Waals surface area contributed by atoms with Crippen LogP contribution in [0.3, 0.4) is 0 Å². The van der Waals surface area contributed by atoms with Gasteiger partial charge in [0.1, 0.15) is 11.6 Å². The molecular formula is C17H31N3O3S. The highest BCUT2D eigenvalue weighted by molar-refractivity contribution is 8.00. The number of thioether (sulfide) groups is 1. The molecule has 1 N–H and O–H groups in total. The predicted molar refractivity (Wildman–Crippen MR) is 97.3 cm³/mol. The van der Waals surface area contributed by atoms with Crippen molar-refractivity contribution in [2.24, 2.45) is 0 Å². The zero-order chi connectivity index (χ0) is 18.5. The first-order valence-corrected chi connectivity index (χ1v) is 9.39. The number of amides is 1. The van der Waals surface area contributed by atoms with E-state index < -0.39 is 11.7 Å². The minimum Gasteiger partial charge on any atom is -0.444 e. The summed E-state index contributed by atoms with van der Waals surface area (Å²) in [6, 6.07) is -0.379. The van der Waals surface area contributed by atoms with Crippen molar-refractivity contribution in [2.45, 2.75) is 84.1 Å².